The van der Waals surface area contributed by atoms with Crippen molar-refractivity contribution in [2.24, 2.45) is 5.92 Å². The Morgan fingerprint density at radius 3 is 2.25 bits per heavy atom. The Hall–Kier alpha value is -0.900. The van der Waals surface area contributed by atoms with Crippen molar-refractivity contribution in [2.45, 2.75) is 31.2 Å². The topological polar surface area (TPSA) is 35.5 Å². The van der Waals surface area contributed by atoms with Crippen LogP contribution in [0.5, 0.6) is 0 Å². The predicted octanol–water partition coefficient (Wildman–Crippen LogP) is 1.45. The minimum atomic E-state index is -0.0868. The molecule has 1 fully saturated rings. The van der Waals surface area contributed by atoms with E-state index in [0.717, 1.165) is 32.5 Å². The second-order valence-corrected chi connectivity index (χ2v) is 6.38. The Balaban J connectivity index is 1.67. The van der Waals surface area contributed by atoms with Gasteiger partial charge < -0.3 is 15.3 Å². The zero-order valence-electron chi connectivity index (χ0n) is 12.4. The lowest BCUT2D eigenvalue weighted by atomic mass is 9.93. The lowest BCUT2D eigenvalue weighted by Gasteiger charge is -2.37. The summed E-state index contributed by atoms with van der Waals surface area (Å²) >= 11 is 0. The largest absolute Gasteiger partial charge is 0.394 e. The van der Waals surface area contributed by atoms with Crippen LogP contribution in [-0.4, -0.2) is 48.8 Å². The second kappa shape index (κ2) is 5.84. The van der Waals surface area contributed by atoms with Gasteiger partial charge in [0, 0.05) is 19.6 Å². The summed E-state index contributed by atoms with van der Waals surface area (Å²) in [5.74, 6) is 0.656. The highest BCUT2D eigenvalue weighted by molar-refractivity contribution is 5.28. The molecule has 1 atom stereocenters. The van der Waals surface area contributed by atoms with E-state index in [-0.39, 0.29) is 12.1 Å². The molecule has 0 saturated heterocycles. The highest BCUT2D eigenvalue weighted by Crippen LogP contribution is 2.40. The zero-order chi connectivity index (χ0) is 14.0. The van der Waals surface area contributed by atoms with Crippen LogP contribution in [0.4, 0.5) is 0 Å². The van der Waals surface area contributed by atoms with E-state index >= 15 is 0 Å². The van der Waals surface area contributed by atoms with E-state index < -0.39 is 0 Å². The van der Waals surface area contributed by atoms with Gasteiger partial charge in [-0.1, -0.05) is 24.3 Å². The molecule has 0 spiro atoms. The highest BCUT2D eigenvalue weighted by Gasteiger charge is 2.44. The molecule has 0 aromatic heterocycles. The molecular formula is C17H26N2O. The molecule has 1 unspecified atom stereocenters. The third-order valence-electron chi connectivity index (χ3n) is 5.16. The third kappa shape index (κ3) is 2.76. The van der Waals surface area contributed by atoms with Gasteiger partial charge in [0.1, 0.15) is 0 Å². The van der Waals surface area contributed by atoms with Gasteiger partial charge in [-0.15, -0.1) is 0 Å². The Morgan fingerprint density at radius 1 is 1.20 bits per heavy atom. The maximum atomic E-state index is 9.87. The van der Waals surface area contributed by atoms with Crippen LogP contribution in [0.3, 0.4) is 0 Å². The van der Waals surface area contributed by atoms with Gasteiger partial charge in [0.05, 0.1) is 12.1 Å². The van der Waals surface area contributed by atoms with Crippen molar-refractivity contribution >= 4 is 0 Å². The molecule has 0 amide bonds. The molecule has 1 aliphatic heterocycles. The summed E-state index contributed by atoms with van der Waals surface area (Å²) in [5, 5.41) is 13.3. The van der Waals surface area contributed by atoms with Crippen LogP contribution in [0.1, 0.15) is 24.0 Å². The van der Waals surface area contributed by atoms with Gasteiger partial charge in [-0.3, -0.25) is 0 Å². The van der Waals surface area contributed by atoms with Gasteiger partial charge in [-0.25, -0.2) is 0 Å². The van der Waals surface area contributed by atoms with Gasteiger partial charge in [-0.05, 0) is 49.8 Å². The first kappa shape index (κ1) is 14.1. The van der Waals surface area contributed by atoms with Gasteiger partial charge in [-0.2, -0.15) is 0 Å². The van der Waals surface area contributed by atoms with E-state index in [0.29, 0.717) is 5.92 Å². The molecule has 1 aromatic rings. The van der Waals surface area contributed by atoms with E-state index in [1.54, 1.807) is 0 Å². The Bertz CT molecular complexity index is 425. The molecule has 0 bridgehead atoms. The van der Waals surface area contributed by atoms with Crippen LogP contribution in [0.25, 0.3) is 0 Å². The fourth-order valence-corrected chi connectivity index (χ4v) is 3.58. The summed E-state index contributed by atoms with van der Waals surface area (Å²) in [4.78, 5) is 2.53. The second-order valence-electron chi connectivity index (χ2n) is 6.38. The van der Waals surface area contributed by atoms with E-state index in [1.165, 1.54) is 24.0 Å². The number of hydrogen-bond donors (Lipinski definition) is 2. The molecule has 2 aliphatic rings. The van der Waals surface area contributed by atoms with Crippen LogP contribution in [0, 0.1) is 5.92 Å². The maximum absolute atomic E-state index is 9.87. The molecule has 1 aromatic carbocycles. The first-order chi connectivity index (χ1) is 9.77. The predicted molar refractivity (Wildman–Crippen MR) is 81.9 cm³/mol. The highest BCUT2D eigenvalue weighted by atomic mass is 16.3. The summed E-state index contributed by atoms with van der Waals surface area (Å²) < 4.78 is 0. The minimum Gasteiger partial charge on any atom is -0.394 e. The van der Waals surface area contributed by atoms with Crippen molar-refractivity contribution in [2.75, 3.05) is 33.3 Å². The number of benzene rings is 1. The number of aliphatic hydroxyl groups is 1. The number of nitrogens with zero attached hydrogens (tertiary/aromatic N) is 1. The Kier molecular flexibility index (Phi) is 4.11. The maximum Gasteiger partial charge on any atom is 0.0628 e. The number of fused-ring (bicyclic) bond motifs is 1. The minimum absolute atomic E-state index is 0.0868. The number of nitrogens with one attached hydrogen (secondary N) is 1. The standard InChI is InChI=1S/C17H26N2O/c1-18-17(13-20,16-6-7-16)12-19-10-8-14-4-2-3-5-15(14)9-11-19/h2-5,16,18,20H,6-13H2,1H3. The van der Waals surface area contributed by atoms with Gasteiger partial charge in [0.25, 0.3) is 0 Å². The van der Waals surface area contributed by atoms with Crippen molar-refractivity contribution < 1.29 is 5.11 Å². The molecule has 3 rings (SSSR count). The first-order valence-corrected chi connectivity index (χ1v) is 7.86. The third-order valence-corrected chi connectivity index (χ3v) is 5.16. The van der Waals surface area contributed by atoms with Crippen LogP contribution in [0.15, 0.2) is 24.3 Å². The van der Waals surface area contributed by atoms with Crippen LogP contribution < -0.4 is 5.32 Å². The van der Waals surface area contributed by atoms with E-state index in [2.05, 4.69) is 34.5 Å². The monoisotopic (exact) mass is 274 g/mol. The van der Waals surface area contributed by atoms with Crippen molar-refractivity contribution in [3.8, 4) is 0 Å². The molecule has 3 nitrogen and oxygen atoms in total. The van der Waals surface area contributed by atoms with Crippen LogP contribution in [-0.2, 0) is 12.8 Å². The van der Waals surface area contributed by atoms with Crippen LogP contribution in [0.2, 0.25) is 0 Å². The summed E-state index contributed by atoms with van der Waals surface area (Å²) in [6.07, 6.45) is 4.78. The van der Waals surface area contributed by atoms with E-state index in [1.807, 2.05) is 7.05 Å². The van der Waals surface area contributed by atoms with E-state index in [9.17, 15) is 5.11 Å². The molecule has 1 aliphatic carbocycles. The fraction of sp³-hybridized carbons (Fsp3) is 0.647. The summed E-state index contributed by atoms with van der Waals surface area (Å²) in [6.45, 7) is 3.43. The number of hydrogen-bond acceptors (Lipinski definition) is 3. The Morgan fingerprint density at radius 2 is 1.80 bits per heavy atom. The van der Waals surface area contributed by atoms with Crippen molar-refractivity contribution in [1.29, 1.82) is 0 Å². The quantitative estimate of drug-likeness (QED) is 0.853. The normalized spacial score (nSPS) is 22.9. The van der Waals surface area contributed by atoms with E-state index in [4.69, 9.17) is 0 Å². The molecule has 20 heavy (non-hydrogen) atoms. The van der Waals surface area contributed by atoms with Crippen molar-refractivity contribution in [3.05, 3.63) is 35.4 Å². The molecule has 1 saturated carbocycles. The van der Waals surface area contributed by atoms with Crippen molar-refractivity contribution in [1.82, 2.24) is 10.2 Å². The number of rotatable bonds is 5. The smallest absolute Gasteiger partial charge is 0.0628 e. The Labute approximate surface area is 122 Å². The summed E-state index contributed by atoms with van der Waals surface area (Å²) in [7, 11) is 2.00. The molecule has 110 valence electrons. The van der Waals surface area contributed by atoms with Crippen LogP contribution >= 0.6 is 0 Å². The zero-order valence-corrected chi connectivity index (χ0v) is 12.4. The molecule has 3 heteroatoms. The molecule has 2 N–H and O–H groups in total. The molecule has 0 radical (unpaired) electrons. The lowest BCUT2D eigenvalue weighted by Crippen LogP contribution is -2.57. The van der Waals surface area contributed by atoms with Gasteiger partial charge >= 0.3 is 0 Å². The SMILES string of the molecule is CNC(CO)(CN1CCc2ccccc2CC1)C1CC1. The summed E-state index contributed by atoms with van der Waals surface area (Å²) in [5.41, 5.74) is 2.91. The van der Waals surface area contributed by atoms with Gasteiger partial charge in [0.15, 0.2) is 0 Å². The summed E-state index contributed by atoms with van der Waals surface area (Å²) in [6, 6.07) is 8.81. The molecular weight excluding hydrogens is 248 g/mol. The average Bonchev–Trinajstić information content (AvgIpc) is 3.33. The number of aliphatic hydroxyl groups excluding tert-OH is 1. The fourth-order valence-electron chi connectivity index (χ4n) is 3.58. The van der Waals surface area contributed by atoms with Crippen molar-refractivity contribution in [3.63, 3.8) is 0 Å². The first-order valence-electron chi connectivity index (χ1n) is 7.86. The lowest BCUT2D eigenvalue weighted by molar-refractivity contribution is 0.0985. The molecule has 1 heterocycles. The van der Waals surface area contributed by atoms with Gasteiger partial charge in [0.2, 0.25) is 0 Å². The number of likely N-dealkylation sites (N-methyl/N-ethyl adjacent to an activating group) is 1. The average molecular weight is 274 g/mol.